The zero-order valence-corrected chi connectivity index (χ0v) is 12.6. The van der Waals surface area contributed by atoms with E-state index < -0.39 is 0 Å². The minimum absolute atomic E-state index is 0.202. The molecule has 3 heteroatoms. The minimum Gasteiger partial charge on any atom is -0.496 e. The van der Waals surface area contributed by atoms with Gasteiger partial charge in [-0.05, 0) is 39.0 Å². The Labute approximate surface area is 108 Å². The van der Waals surface area contributed by atoms with Crippen LogP contribution in [-0.2, 0) is 0 Å². The van der Waals surface area contributed by atoms with E-state index in [4.69, 9.17) is 4.74 Å². The fourth-order valence-corrected chi connectivity index (χ4v) is 2.18. The van der Waals surface area contributed by atoms with E-state index in [9.17, 15) is 0 Å². The zero-order chi connectivity index (χ0) is 11.6. The number of hydrogen-bond acceptors (Lipinski definition) is 1. The van der Waals surface area contributed by atoms with E-state index in [1.165, 1.54) is 5.56 Å². The molecule has 0 saturated carbocycles. The molecule has 1 aromatic carbocycles. The van der Waals surface area contributed by atoms with E-state index in [0.29, 0.717) is 4.83 Å². The average molecular weight is 336 g/mol. The topological polar surface area (TPSA) is 9.23 Å². The van der Waals surface area contributed by atoms with Crippen LogP contribution in [0.2, 0.25) is 0 Å². The largest absolute Gasteiger partial charge is 0.496 e. The first kappa shape index (κ1) is 13.0. The van der Waals surface area contributed by atoms with Crippen molar-refractivity contribution >= 4 is 31.9 Å². The Hall–Kier alpha value is -0.0200. The smallest absolute Gasteiger partial charge is 0.133 e. The Kier molecular flexibility index (Phi) is 4.24. The first-order chi connectivity index (χ1) is 6.86. The molecule has 1 atom stereocenters. The van der Waals surface area contributed by atoms with E-state index in [1.54, 1.807) is 7.11 Å². The van der Waals surface area contributed by atoms with Gasteiger partial charge >= 0.3 is 0 Å². The van der Waals surface area contributed by atoms with Crippen molar-refractivity contribution < 1.29 is 4.74 Å². The van der Waals surface area contributed by atoms with Gasteiger partial charge in [-0.2, -0.15) is 0 Å². The molecule has 0 aromatic heterocycles. The molecular weight excluding hydrogens is 320 g/mol. The maximum absolute atomic E-state index is 5.20. The Balaban J connectivity index is 3.02. The van der Waals surface area contributed by atoms with E-state index in [0.717, 1.165) is 10.2 Å². The highest BCUT2D eigenvalue weighted by atomic mass is 79.9. The molecular formula is C12H16Br2O. The number of benzene rings is 1. The number of methoxy groups -OCH3 is 1. The van der Waals surface area contributed by atoms with Crippen molar-refractivity contribution in [3.63, 3.8) is 0 Å². The molecule has 0 radical (unpaired) electrons. The monoisotopic (exact) mass is 334 g/mol. The number of ether oxygens (including phenoxy) is 1. The van der Waals surface area contributed by atoms with Crippen molar-refractivity contribution in [1.29, 1.82) is 0 Å². The van der Waals surface area contributed by atoms with Crippen molar-refractivity contribution in [2.75, 3.05) is 7.11 Å². The van der Waals surface area contributed by atoms with Crippen LogP contribution >= 0.6 is 31.9 Å². The summed E-state index contributed by atoms with van der Waals surface area (Å²) >= 11 is 7.22. The molecule has 0 amide bonds. The molecule has 0 aliphatic heterocycles. The Morgan fingerprint density at radius 1 is 1.27 bits per heavy atom. The fourth-order valence-electron chi connectivity index (χ4n) is 1.34. The highest BCUT2D eigenvalue weighted by molar-refractivity contribution is 9.10. The van der Waals surface area contributed by atoms with Crippen molar-refractivity contribution in [3.8, 4) is 5.75 Å². The van der Waals surface area contributed by atoms with Gasteiger partial charge in [0.2, 0.25) is 0 Å². The van der Waals surface area contributed by atoms with E-state index in [2.05, 4.69) is 64.8 Å². The van der Waals surface area contributed by atoms with Crippen LogP contribution in [0.15, 0.2) is 22.7 Å². The summed E-state index contributed by atoms with van der Waals surface area (Å²) in [5, 5.41) is 0. The molecule has 0 saturated heterocycles. The molecule has 1 unspecified atom stereocenters. The minimum atomic E-state index is 0.202. The molecule has 0 fully saturated rings. The van der Waals surface area contributed by atoms with Gasteiger partial charge in [0.25, 0.3) is 0 Å². The van der Waals surface area contributed by atoms with Crippen molar-refractivity contribution in [3.05, 3.63) is 28.2 Å². The van der Waals surface area contributed by atoms with Crippen LogP contribution < -0.4 is 4.74 Å². The molecule has 0 heterocycles. The standard InChI is InChI=1S/C12H16Br2O/c1-12(2,3)11(14)8-5-6-10(15-4)9(13)7-8/h5-7,11H,1-4H3. The lowest BCUT2D eigenvalue weighted by Crippen LogP contribution is -2.12. The summed E-state index contributed by atoms with van der Waals surface area (Å²) in [5.74, 6) is 0.868. The molecule has 84 valence electrons. The van der Waals surface area contributed by atoms with E-state index >= 15 is 0 Å². The van der Waals surface area contributed by atoms with Crippen LogP contribution in [0, 0.1) is 5.41 Å². The lowest BCUT2D eigenvalue weighted by Gasteiger charge is -2.26. The third-order valence-corrected chi connectivity index (χ3v) is 4.75. The predicted molar refractivity (Wildman–Crippen MR) is 71.8 cm³/mol. The van der Waals surface area contributed by atoms with Gasteiger partial charge in [-0.3, -0.25) is 0 Å². The van der Waals surface area contributed by atoms with Crippen LogP contribution in [0.5, 0.6) is 5.75 Å². The molecule has 0 N–H and O–H groups in total. The summed E-state index contributed by atoms with van der Waals surface area (Å²) in [4.78, 5) is 0.340. The van der Waals surface area contributed by atoms with Gasteiger partial charge in [-0.25, -0.2) is 0 Å². The summed E-state index contributed by atoms with van der Waals surface area (Å²) in [7, 11) is 1.68. The van der Waals surface area contributed by atoms with Gasteiger partial charge in [0, 0.05) is 4.83 Å². The summed E-state index contributed by atoms with van der Waals surface area (Å²) < 4.78 is 6.20. The van der Waals surface area contributed by atoms with Crippen molar-refractivity contribution in [2.45, 2.75) is 25.6 Å². The van der Waals surface area contributed by atoms with Crippen LogP contribution in [0.25, 0.3) is 0 Å². The lowest BCUT2D eigenvalue weighted by molar-refractivity contribution is 0.402. The molecule has 1 nitrogen and oxygen atoms in total. The van der Waals surface area contributed by atoms with Gasteiger partial charge in [0.15, 0.2) is 0 Å². The molecule has 1 rings (SSSR count). The van der Waals surface area contributed by atoms with Crippen LogP contribution in [0.3, 0.4) is 0 Å². The highest BCUT2D eigenvalue weighted by Crippen LogP contribution is 2.41. The number of rotatable bonds is 2. The predicted octanol–water partition coefficient (Wildman–Crippen LogP) is 4.94. The Bertz CT molecular complexity index is 342. The second kappa shape index (κ2) is 4.88. The van der Waals surface area contributed by atoms with Gasteiger partial charge in [-0.15, -0.1) is 0 Å². The normalized spacial score (nSPS) is 13.7. The van der Waals surface area contributed by atoms with Gasteiger partial charge in [-0.1, -0.05) is 42.8 Å². The summed E-state index contributed by atoms with van der Waals surface area (Å²) in [6.07, 6.45) is 0. The maximum Gasteiger partial charge on any atom is 0.133 e. The van der Waals surface area contributed by atoms with E-state index in [1.807, 2.05) is 6.07 Å². The van der Waals surface area contributed by atoms with E-state index in [-0.39, 0.29) is 5.41 Å². The molecule has 15 heavy (non-hydrogen) atoms. The first-order valence-electron chi connectivity index (χ1n) is 4.83. The quantitative estimate of drug-likeness (QED) is 0.695. The van der Waals surface area contributed by atoms with Crippen molar-refractivity contribution in [1.82, 2.24) is 0 Å². The molecule has 0 aliphatic carbocycles. The average Bonchev–Trinajstić information content (AvgIpc) is 2.15. The highest BCUT2D eigenvalue weighted by Gasteiger charge is 2.23. The number of hydrogen-bond donors (Lipinski definition) is 0. The zero-order valence-electron chi connectivity index (χ0n) is 9.47. The third-order valence-electron chi connectivity index (χ3n) is 2.23. The first-order valence-corrected chi connectivity index (χ1v) is 6.54. The lowest BCUT2D eigenvalue weighted by atomic mass is 9.88. The van der Waals surface area contributed by atoms with Crippen LogP contribution in [-0.4, -0.2) is 7.11 Å². The number of halogens is 2. The Morgan fingerprint density at radius 2 is 1.87 bits per heavy atom. The van der Waals surface area contributed by atoms with Crippen LogP contribution in [0.1, 0.15) is 31.2 Å². The van der Waals surface area contributed by atoms with Gasteiger partial charge < -0.3 is 4.74 Å². The number of alkyl halides is 1. The van der Waals surface area contributed by atoms with Gasteiger partial charge in [0.1, 0.15) is 5.75 Å². The van der Waals surface area contributed by atoms with Crippen molar-refractivity contribution in [2.24, 2.45) is 5.41 Å². The summed E-state index contributed by atoms with van der Waals surface area (Å²) in [6.45, 7) is 6.64. The second-order valence-corrected chi connectivity index (χ2v) is 6.39. The summed E-state index contributed by atoms with van der Waals surface area (Å²) in [5.41, 5.74) is 1.46. The Morgan fingerprint density at radius 3 is 2.27 bits per heavy atom. The molecule has 0 bridgehead atoms. The third kappa shape index (κ3) is 3.22. The SMILES string of the molecule is COc1ccc(C(Br)C(C)(C)C)cc1Br. The van der Waals surface area contributed by atoms with Gasteiger partial charge in [0.05, 0.1) is 11.6 Å². The summed E-state index contributed by atoms with van der Waals surface area (Å²) in [6, 6.07) is 6.18. The molecule has 1 aromatic rings. The second-order valence-electron chi connectivity index (χ2n) is 4.62. The molecule has 0 aliphatic rings. The van der Waals surface area contributed by atoms with Crippen LogP contribution in [0.4, 0.5) is 0 Å². The fraction of sp³-hybridized carbons (Fsp3) is 0.500. The maximum atomic E-state index is 5.20. The molecule has 0 spiro atoms.